The zero-order valence-electron chi connectivity index (χ0n) is 43.3. The zero-order chi connectivity index (χ0) is 48.2. The van der Waals surface area contributed by atoms with Crippen LogP contribution in [0.1, 0.15) is 108 Å². The number of nitrogens with zero attached hydrogens (tertiary/aromatic N) is 4. The fourth-order valence-electron chi connectivity index (χ4n) is 10.4. The molecule has 0 saturated carbocycles. The summed E-state index contributed by atoms with van der Waals surface area (Å²) in [6.07, 6.45) is 2.94. The first-order valence-corrected chi connectivity index (χ1v) is 24.7. The summed E-state index contributed by atoms with van der Waals surface area (Å²) < 4.78 is 2.32. The second-order valence-electron chi connectivity index (χ2n) is 21.6. The third-order valence-corrected chi connectivity index (χ3v) is 14.3. The van der Waals surface area contributed by atoms with Crippen molar-refractivity contribution >= 4 is 33.2 Å². The Bertz CT molecular complexity index is 3280. The van der Waals surface area contributed by atoms with Gasteiger partial charge in [-0.2, -0.15) is 30.3 Å². The van der Waals surface area contributed by atoms with Crippen molar-refractivity contribution in [1.82, 2.24) is 9.55 Å². The van der Waals surface area contributed by atoms with Crippen molar-refractivity contribution < 1.29 is 21.1 Å². The van der Waals surface area contributed by atoms with Gasteiger partial charge in [-0.3, -0.25) is 0 Å². The van der Waals surface area contributed by atoms with E-state index in [1.807, 2.05) is 6.20 Å². The van der Waals surface area contributed by atoms with Crippen molar-refractivity contribution in [3.05, 3.63) is 246 Å². The van der Waals surface area contributed by atoms with Gasteiger partial charge in [0.15, 0.2) is 0 Å². The quantitative estimate of drug-likeness (QED) is 0.101. The molecular weight excluding hydrogens is 1040 g/mol. The van der Waals surface area contributed by atoms with Crippen LogP contribution in [0.25, 0.3) is 38.8 Å². The maximum atomic E-state index is 5.05. The molecule has 1 aliphatic heterocycles. The van der Waals surface area contributed by atoms with Crippen LogP contribution in [0.2, 0.25) is 0 Å². The standard InChI is InChI=1S/C65H64N4.CH3.Pt/c1-44(2)34-47-32-33-66-62(35-47)69-60-29-21-20-28-58(60)59-31-30-52(42-61(59)69)65(50-24-16-12-17-25-50,51-26-18-13-19-27-51)55-36-49(48-22-14-11-15-23-48)37-56(41-55)67-43-68(46(4)45(67)3)57-39-53(63(5,6)7)38-54(40-57)64(8,9)10;;/h11-33,35-40,44H,34,43H2,1-10H3;1H3;/q-2;-1;. The molecule has 0 unspecified atom stereocenters. The first-order chi connectivity index (χ1) is 33.1. The van der Waals surface area contributed by atoms with E-state index in [2.05, 4.69) is 266 Å². The molecule has 10 rings (SSSR count). The number of rotatable bonds is 10. The van der Waals surface area contributed by atoms with E-state index >= 15 is 0 Å². The molecule has 0 amide bonds. The molecule has 0 atom stereocenters. The van der Waals surface area contributed by atoms with E-state index in [9.17, 15) is 0 Å². The van der Waals surface area contributed by atoms with Crippen molar-refractivity contribution in [2.45, 2.75) is 91.9 Å². The Morgan fingerprint density at radius 1 is 0.549 bits per heavy atom. The number of benzene rings is 7. The molecule has 0 saturated heterocycles. The van der Waals surface area contributed by atoms with Crippen molar-refractivity contribution in [2.75, 3.05) is 16.5 Å². The molecule has 0 bridgehead atoms. The molecule has 5 heteroatoms. The maximum Gasteiger partial charge on any atom is 0.135 e. The van der Waals surface area contributed by atoms with Crippen LogP contribution in [0.15, 0.2) is 187 Å². The Morgan fingerprint density at radius 2 is 1.13 bits per heavy atom. The van der Waals surface area contributed by atoms with Gasteiger partial charge >= 0.3 is 0 Å². The van der Waals surface area contributed by atoms with Crippen molar-refractivity contribution in [3.8, 4) is 16.9 Å². The third-order valence-electron chi connectivity index (χ3n) is 14.3. The van der Waals surface area contributed by atoms with Crippen molar-refractivity contribution in [1.29, 1.82) is 0 Å². The van der Waals surface area contributed by atoms with Gasteiger partial charge in [-0.05, 0) is 106 Å². The van der Waals surface area contributed by atoms with E-state index in [1.165, 1.54) is 39.2 Å². The van der Waals surface area contributed by atoms with Crippen LogP contribution in [0.5, 0.6) is 0 Å². The predicted molar refractivity (Wildman–Crippen MR) is 297 cm³/mol. The molecule has 3 heterocycles. The van der Waals surface area contributed by atoms with E-state index in [0.717, 1.165) is 67.7 Å². The Labute approximate surface area is 438 Å². The molecule has 7 aromatic carbocycles. The number of hydrogen-bond acceptors (Lipinski definition) is 3. The van der Waals surface area contributed by atoms with Gasteiger partial charge in [0.1, 0.15) is 5.82 Å². The minimum absolute atomic E-state index is 0. The SMILES string of the molecule is CC1=C(C)N(c2cc(C(C)(C)C)cc(C(C)(C)C)c2)CN1c1[c-]c(C(c2[c-]c3c(cc2)c2ccccc2n3-c2cc(CC(C)C)ccn2)(c2ccccc2)c2ccccc2)cc(-c2ccccc2)c1.[CH3-].[Pt]. The number of hydrogen-bond donors (Lipinski definition) is 0. The number of aromatic nitrogens is 2. The Kier molecular flexibility index (Phi) is 14.3. The average Bonchev–Trinajstić information content (AvgIpc) is 3.84. The minimum Gasteiger partial charge on any atom is -0.358 e. The Morgan fingerprint density at radius 3 is 1.73 bits per heavy atom. The normalized spacial score (nSPS) is 13.3. The number of allylic oxidation sites excluding steroid dienone is 2. The molecule has 0 radical (unpaired) electrons. The fraction of sp³-hybridized carbons (Fsp3) is 0.242. The fourth-order valence-corrected chi connectivity index (χ4v) is 10.4. The second-order valence-corrected chi connectivity index (χ2v) is 21.6. The van der Waals surface area contributed by atoms with Crippen LogP contribution in [0.4, 0.5) is 11.4 Å². The van der Waals surface area contributed by atoms with Crippen LogP contribution >= 0.6 is 0 Å². The molecule has 364 valence electrons. The first kappa shape index (κ1) is 50.9. The summed E-state index contributed by atoms with van der Waals surface area (Å²) in [5, 5.41) is 2.32. The first-order valence-electron chi connectivity index (χ1n) is 24.7. The minimum atomic E-state index is -0.848. The van der Waals surface area contributed by atoms with Crippen LogP contribution in [-0.4, -0.2) is 16.2 Å². The van der Waals surface area contributed by atoms with E-state index in [4.69, 9.17) is 4.98 Å². The van der Waals surface area contributed by atoms with E-state index in [1.54, 1.807) is 0 Å². The summed E-state index contributed by atoms with van der Waals surface area (Å²) in [5.74, 6) is 1.42. The van der Waals surface area contributed by atoms with Crippen LogP contribution < -0.4 is 9.80 Å². The summed E-state index contributed by atoms with van der Waals surface area (Å²) in [6, 6.07) is 70.9. The van der Waals surface area contributed by atoms with Gasteiger partial charge < -0.3 is 21.8 Å². The maximum absolute atomic E-state index is 5.05. The van der Waals surface area contributed by atoms with Gasteiger partial charge in [0, 0.05) is 55.3 Å². The van der Waals surface area contributed by atoms with Crippen molar-refractivity contribution in [2.24, 2.45) is 5.92 Å². The van der Waals surface area contributed by atoms with Gasteiger partial charge in [0.05, 0.1) is 6.67 Å². The molecule has 71 heavy (non-hydrogen) atoms. The molecule has 0 aliphatic carbocycles. The van der Waals surface area contributed by atoms with E-state index in [-0.39, 0.29) is 39.3 Å². The molecule has 0 N–H and O–H groups in total. The predicted octanol–water partition coefficient (Wildman–Crippen LogP) is 16.6. The number of para-hydroxylation sites is 1. The van der Waals surface area contributed by atoms with Gasteiger partial charge in [0.25, 0.3) is 0 Å². The van der Waals surface area contributed by atoms with Crippen LogP contribution in [0, 0.1) is 25.5 Å². The molecule has 0 fully saturated rings. The van der Waals surface area contributed by atoms with Gasteiger partial charge in [0.2, 0.25) is 0 Å². The third kappa shape index (κ3) is 9.45. The van der Waals surface area contributed by atoms with Crippen LogP contribution in [-0.2, 0) is 43.7 Å². The molecule has 1 aliphatic rings. The Hall–Kier alpha value is -6.48. The molecule has 2 aromatic heterocycles. The largest absolute Gasteiger partial charge is 0.358 e. The number of anilines is 2. The summed E-state index contributed by atoms with van der Waals surface area (Å²) in [7, 11) is 0. The average molecular weight is 1110 g/mol. The monoisotopic (exact) mass is 1110 g/mol. The molecule has 4 nitrogen and oxygen atoms in total. The summed E-state index contributed by atoms with van der Waals surface area (Å²) in [4.78, 5) is 10.0. The second kappa shape index (κ2) is 20.0. The van der Waals surface area contributed by atoms with Gasteiger partial charge in [-0.15, -0.1) is 28.1 Å². The summed E-state index contributed by atoms with van der Waals surface area (Å²) in [5.41, 5.74) is 16.5. The summed E-state index contributed by atoms with van der Waals surface area (Å²) in [6.45, 7) is 23.6. The van der Waals surface area contributed by atoms with E-state index < -0.39 is 5.41 Å². The molecule has 9 aromatic rings. The number of fused-ring (bicyclic) bond motifs is 3. The molecular formula is C66H67N4Pt-3. The van der Waals surface area contributed by atoms with Crippen LogP contribution in [0.3, 0.4) is 0 Å². The van der Waals surface area contributed by atoms with Crippen molar-refractivity contribution in [3.63, 3.8) is 0 Å². The topological polar surface area (TPSA) is 24.3 Å². The zero-order valence-corrected chi connectivity index (χ0v) is 45.6. The Balaban J connectivity index is 0.00000338. The van der Waals surface area contributed by atoms with Gasteiger partial charge in [-0.1, -0.05) is 182 Å². The van der Waals surface area contributed by atoms with Gasteiger partial charge in [-0.25, -0.2) is 4.98 Å². The smallest absolute Gasteiger partial charge is 0.135 e. The van der Waals surface area contributed by atoms with E-state index in [0.29, 0.717) is 12.6 Å². The summed E-state index contributed by atoms with van der Waals surface area (Å²) >= 11 is 0. The number of pyridine rings is 1. The molecule has 0 spiro atoms.